The van der Waals surface area contributed by atoms with Crippen LogP contribution in [0, 0.1) is 0 Å². The number of amides is 1. The molecule has 6 heterocycles. The van der Waals surface area contributed by atoms with E-state index in [1.54, 1.807) is 23.1 Å². The van der Waals surface area contributed by atoms with Gasteiger partial charge in [-0.3, -0.25) is 14.8 Å². The Labute approximate surface area is 224 Å². The topological polar surface area (TPSA) is 141 Å². The Morgan fingerprint density at radius 3 is 2.92 bits per heavy atom. The van der Waals surface area contributed by atoms with E-state index in [-0.39, 0.29) is 11.9 Å². The Hall–Kier alpha value is -4.64. The number of aromatic amines is 1. The molecule has 0 spiro atoms. The Morgan fingerprint density at radius 2 is 2.10 bits per heavy atom. The molecule has 1 aliphatic heterocycles. The minimum absolute atomic E-state index is 0.137. The second-order valence-corrected chi connectivity index (χ2v) is 10.0. The number of nitrogens with zero attached hydrogens (tertiary/aromatic N) is 7. The van der Waals surface area contributed by atoms with E-state index in [9.17, 15) is 4.79 Å². The van der Waals surface area contributed by atoms with E-state index in [0.29, 0.717) is 36.8 Å². The highest BCUT2D eigenvalue weighted by molar-refractivity contribution is 5.98. The summed E-state index contributed by atoms with van der Waals surface area (Å²) in [5.41, 5.74) is 13.7. The SMILES string of the molecule is Cn1ncnc1-c1ccc(CN(C(=O)c2cc3nc(N)c4c(c3[nH]2)COC4)[C@@H]2CCCc3cccnc32)nc1. The Balaban J connectivity index is 1.27. The first-order valence-corrected chi connectivity index (χ1v) is 13.0. The van der Waals surface area contributed by atoms with Crippen LogP contribution in [0.15, 0.2) is 49.1 Å². The first kappa shape index (κ1) is 23.5. The van der Waals surface area contributed by atoms with Gasteiger partial charge in [-0.25, -0.2) is 14.6 Å². The van der Waals surface area contributed by atoms with E-state index in [4.69, 9.17) is 20.4 Å². The van der Waals surface area contributed by atoms with Crippen molar-refractivity contribution < 1.29 is 9.53 Å². The number of aryl methyl sites for hydroxylation is 2. The maximum absolute atomic E-state index is 14.2. The number of hydrogen-bond acceptors (Lipinski definition) is 8. The largest absolute Gasteiger partial charge is 0.383 e. The van der Waals surface area contributed by atoms with Gasteiger partial charge in [0.05, 0.1) is 48.2 Å². The summed E-state index contributed by atoms with van der Waals surface area (Å²) < 4.78 is 7.32. The molecule has 0 radical (unpaired) electrons. The van der Waals surface area contributed by atoms with E-state index in [1.165, 1.54) is 11.9 Å². The molecule has 196 valence electrons. The van der Waals surface area contributed by atoms with Gasteiger partial charge in [-0.1, -0.05) is 6.07 Å². The number of nitrogens with two attached hydrogens (primary N) is 1. The quantitative estimate of drug-likeness (QED) is 0.358. The summed E-state index contributed by atoms with van der Waals surface area (Å²) >= 11 is 0. The molecule has 0 unspecified atom stereocenters. The molecule has 0 bridgehead atoms. The molecule has 0 saturated carbocycles. The number of fused-ring (bicyclic) bond motifs is 4. The van der Waals surface area contributed by atoms with Crippen molar-refractivity contribution in [2.24, 2.45) is 7.05 Å². The van der Waals surface area contributed by atoms with Gasteiger partial charge in [0, 0.05) is 36.1 Å². The van der Waals surface area contributed by atoms with Gasteiger partial charge in [-0.15, -0.1) is 0 Å². The number of hydrogen-bond donors (Lipinski definition) is 2. The highest BCUT2D eigenvalue weighted by Gasteiger charge is 2.33. The highest BCUT2D eigenvalue weighted by Crippen LogP contribution is 2.36. The van der Waals surface area contributed by atoms with Crippen molar-refractivity contribution in [1.82, 2.24) is 39.6 Å². The predicted octanol–water partition coefficient (Wildman–Crippen LogP) is 3.48. The number of anilines is 1. The third kappa shape index (κ3) is 4.02. The summed E-state index contributed by atoms with van der Waals surface area (Å²) in [4.78, 5) is 37.7. The Bertz CT molecular complexity index is 1710. The molecule has 11 heteroatoms. The van der Waals surface area contributed by atoms with Crippen LogP contribution in [0.4, 0.5) is 5.82 Å². The highest BCUT2D eigenvalue weighted by atomic mass is 16.5. The van der Waals surface area contributed by atoms with Gasteiger partial charge in [-0.05, 0) is 49.1 Å². The van der Waals surface area contributed by atoms with Gasteiger partial charge in [0.15, 0.2) is 5.82 Å². The van der Waals surface area contributed by atoms with Crippen molar-refractivity contribution in [2.45, 2.75) is 45.1 Å². The molecule has 0 fully saturated rings. The van der Waals surface area contributed by atoms with E-state index < -0.39 is 0 Å². The maximum Gasteiger partial charge on any atom is 0.271 e. The van der Waals surface area contributed by atoms with Crippen LogP contribution in [-0.4, -0.2) is 45.5 Å². The van der Waals surface area contributed by atoms with Crippen LogP contribution in [0.3, 0.4) is 0 Å². The molecule has 0 saturated heterocycles. The van der Waals surface area contributed by atoms with Crippen LogP contribution in [0.25, 0.3) is 22.4 Å². The second kappa shape index (κ2) is 9.28. The summed E-state index contributed by atoms with van der Waals surface area (Å²) in [5.74, 6) is 1.04. The standard InChI is InChI=1S/C28H27N9O2/c1-36-27(32-15-33-36)17-7-8-18(31-11-17)12-37(23-6-2-4-16-5-3-9-30-24(16)23)28(38)22-10-21-25(34-22)19-13-39-14-20(19)26(29)35-21/h3,5,7-11,15,23,34H,2,4,6,12-14H2,1H3,(H2,29,35)/t23-/m1/s1. The number of nitrogen functional groups attached to an aromatic ring is 1. The number of carbonyl (C=O) groups is 1. The van der Waals surface area contributed by atoms with E-state index in [2.05, 4.69) is 26.1 Å². The van der Waals surface area contributed by atoms with Gasteiger partial charge >= 0.3 is 0 Å². The van der Waals surface area contributed by atoms with Gasteiger partial charge in [0.2, 0.25) is 0 Å². The zero-order valence-corrected chi connectivity index (χ0v) is 21.5. The molecule has 11 nitrogen and oxygen atoms in total. The number of H-pyrrole nitrogens is 1. The third-order valence-electron chi connectivity index (χ3n) is 7.67. The Morgan fingerprint density at radius 1 is 1.21 bits per heavy atom. The maximum atomic E-state index is 14.2. The lowest BCUT2D eigenvalue weighted by atomic mass is 9.90. The molecule has 39 heavy (non-hydrogen) atoms. The molecule has 2 aliphatic rings. The number of rotatable bonds is 5. The molecule has 1 atom stereocenters. The molecule has 0 aromatic carbocycles. The van der Waals surface area contributed by atoms with Crippen molar-refractivity contribution in [2.75, 3.05) is 5.73 Å². The molecular weight excluding hydrogens is 494 g/mol. The van der Waals surface area contributed by atoms with Crippen molar-refractivity contribution >= 4 is 22.8 Å². The van der Waals surface area contributed by atoms with E-state index in [0.717, 1.165) is 58.7 Å². The molecule has 1 aliphatic carbocycles. The second-order valence-electron chi connectivity index (χ2n) is 10.0. The molecular formula is C28H27N9O2. The molecule has 5 aromatic rings. The summed E-state index contributed by atoms with van der Waals surface area (Å²) in [7, 11) is 1.84. The third-order valence-corrected chi connectivity index (χ3v) is 7.67. The van der Waals surface area contributed by atoms with Gasteiger partial charge in [0.25, 0.3) is 5.91 Å². The normalized spacial score (nSPS) is 16.3. The Kier molecular flexibility index (Phi) is 5.58. The van der Waals surface area contributed by atoms with Crippen molar-refractivity contribution in [3.63, 3.8) is 0 Å². The fourth-order valence-corrected chi connectivity index (χ4v) is 5.70. The minimum atomic E-state index is -0.179. The number of ether oxygens (including phenoxy) is 1. The van der Waals surface area contributed by atoms with Crippen molar-refractivity contribution in [3.05, 3.63) is 82.8 Å². The zero-order chi connectivity index (χ0) is 26.5. The van der Waals surface area contributed by atoms with Crippen LogP contribution in [0.5, 0.6) is 0 Å². The van der Waals surface area contributed by atoms with Crippen LogP contribution in [0.1, 0.15) is 57.5 Å². The predicted molar refractivity (Wildman–Crippen MR) is 143 cm³/mol. The smallest absolute Gasteiger partial charge is 0.271 e. The first-order chi connectivity index (χ1) is 19.1. The summed E-state index contributed by atoms with van der Waals surface area (Å²) in [5, 5.41) is 4.14. The summed E-state index contributed by atoms with van der Waals surface area (Å²) in [6, 6.07) is 9.55. The number of pyridine rings is 3. The van der Waals surface area contributed by atoms with Crippen LogP contribution in [-0.2, 0) is 38.0 Å². The van der Waals surface area contributed by atoms with E-state index >= 15 is 0 Å². The molecule has 1 amide bonds. The van der Waals surface area contributed by atoms with Crippen molar-refractivity contribution in [3.8, 4) is 11.4 Å². The fraction of sp³-hybridized carbons (Fsp3) is 0.286. The summed E-state index contributed by atoms with van der Waals surface area (Å²) in [6.45, 7) is 1.20. The monoisotopic (exact) mass is 521 g/mol. The minimum Gasteiger partial charge on any atom is -0.383 e. The molecule has 3 N–H and O–H groups in total. The number of nitrogens with one attached hydrogen (secondary N) is 1. The fourth-order valence-electron chi connectivity index (χ4n) is 5.70. The number of carbonyl (C=O) groups excluding carboxylic acids is 1. The van der Waals surface area contributed by atoms with Crippen molar-refractivity contribution in [1.29, 1.82) is 0 Å². The molecule has 5 aromatic heterocycles. The van der Waals surface area contributed by atoms with Gasteiger partial charge < -0.3 is 20.4 Å². The average molecular weight is 522 g/mol. The van der Waals surface area contributed by atoms with Gasteiger partial charge in [-0.2, -0.15) is 5.10 Å². The number of aromatic nitrogens is 7. The lowest BCUT2D eigenvalue weighted by molar-refractivity contribution is 0.0624. The van der Waals surface area contributed by atoms with Crippen LogP contribution < -0.4 is 5.73 Å². The van der Waals surface area contributed by atoms with Gasteiger partial charge in [0.1, 0.15) is 17.8 Å². The zero-order valence-electron chi connectivity index (χ0n) is 21.5. The summed E-state index contributed by atoms with van der Waals surface area (Å²) in [6.07, 6.45) is 7.83. The molecule has 7 rings (SSSR count). The lowest BCUT2D eigenvalue weighted by Crippen LogP contribution is -2.37. The first-order valence-electron chi connectivity index (χ1n) is 13.0. The average Bonchev–Trinajstić information content (AvgIpc) is 3.71. The lowest BCUT2D eigenvalue weighted by Gasteiger charge is -2.34. The van der Waals surface area contributed by atoms with E-state index in [1.807, 2.05) is 30.1 Å². The van der Waals surface area contributed by atoms with Crippen LogP contribution >= 0.6 is 0 Å². The van der Waals surface area contributed by atoms with Crippen LogP contribution in [0.2, 0.25) is 0 Å².